The largest absolute Gasteiger partial charge is 4.00 e. The smallest absolute Gasteiger partial charge is 0.870 e. The molecule has 0 bridgehead atoms. The van der Waals surface area contributed by atoms with Crippen LogP contribution in [0.4, 0.5) is 0 Å². The van der Waals surface area contributed by atoms with Crippen LogP contribution in [0, 0.1) is 0 Å². The van der Waals surface area contributed by atoms with Crippen molar-refractivity contribution in [3.05, 3.63) is 0 Å². The molecule has 0 saturated heterocycles. The average Bonchev–Trinajstić information content (AvgIpc) is 1.88. The van der Waals surface area contributed by atoms with Crippen molar-refractivity contribution >= 4 is 11.9 Å². The fourth-order valence-electron chi connectivity index (χ4n) is 0. The number of carboxylic acid groups (broad SMARTS) is 2. The van der Waals surface area contributed by atoms with Crippen molar-refractivity contribution < 1.29 is 57.2 Å². The predicted octanol–water partition coefficient (Wildman–Crippen LogP) is -3.19. The number of aliphatic hydroxyl groups is 2. The maximum Gasteiger partial charge on any atom is 4.00 e. The molecule has 0 radical (unpaired) electrons. The molecule has 0 aromatic carbocycles. The van der Waals surface area contributed by atoms with E-state index < -0.39 is 24.1 Å². The van der Waals surface area contributed by atoms with Crippen molar-refractivity contribution in [3.63, 3.8) is 0 Å². The molecule has 96 valence electrons. The zero-order valence-corrected chi connectivity index (χ0v) is 11.2. The molecule has 0 aromatic rings. The molecule has 0 amide bonds. The van der Waals surface area contributed by atoms with Crippen molar-refractivity contribution in [3.8, 4) is 0 Å². The molecule has 2 unspecified atom stereocenters. The van der Waals surface area contributed by atoms with Crippen LogP contribution in [0.25, 0.3) is 0 Å². The van der Waals surface area contributed by atoms with Gasteiger partial charge in [0, 0.05) is 0 Å². The number of aliphatic carboxylic acids is 2. The van der Waals surface area contributed by atoms with Gasteiger partial charge in [-0.1, -0.05) is 0 Å². The van der Waals surface area contributed by atoms with Gasteiger partial charge < -0.3 is 47.8 Å². The minimum Gasteiger partial charge on any atom is -0.870 e. The second kappa shape index (κ2) is 19.9. The summed E-state index contributed by atoms with van der Waals surface area (Å²) in [6, 6.07) is 0. The predicted molar refractivity (Wildman–Crippen MR) is 47.3 cm³/mol. The molecule has 0 fully saturated rings. The number of carbonyl (C=O) groups excluding carboxylic acids is 2. The second-order valence-electron chi connectivity index (χ2n) is 1.99. The monoisotopic (exact) mass is 279 g/mol. The van der Waals surface area contributed by atoms with Crippen LogP contribution in [-0.4, -0.2) is 39.8 Å². The molecule has 9 nitrogen and oxygen atoms in total. The molecular formula is C6H19N2O7Ti+3. The van der Waals surface area contributed by atoms with Gasteiger partial charge in [-0.05, 0) is 13.8 Å². The second-order valence-corrected chi connectivity index (χ2v) is 1.99. The molecule has 0 aliphatic carbocycles. The van der Waals surface area contributed by atoms with Crippen LogP contribution < -0.4 is 22.5 Å². The van der Waals surface area contributed by atoms with Crippen molar-refractivity contribution in [2.45, 2.75) is 26.1 Å². The van der Waals surface area contributed by atoms with Gasteiger partial charge in [-0.15, -0.1) is 0 Å². The molecule has 0 aliphatic rings. The van der Waals surface area contributed by atoms with Gasteiger partial charge in [-0.25, -0.2) is 0 Å². The van der Waals surface area contributed by atoms with Gasteiger partial charge in [0.2, 0.25) is 0 Å². The van der Waals surface area contributed by atoms with Crippen LogP contribution in [0.3, 0.4) is 0 Å². The van der Waals surface area contributed by atoms with Crippen LogP contribution in [0.5, 0.6) is 0 Å². The van der Waals surface area contributed by atoms with Crippen molar-refractivity contribution in [2.75, 3.05) is 0 Å². The molecule has 2 atom stereocenters. The number of hydrogen-bond donors (Lipinski definition) is 4. The maximum absolute atomic E-state index is 9.34. The first kappa shape index (κ1) is 36.1. The third-order valence-electron chi connectivity index (χ3n) is 0.682. The summed E-state index contributed by atoms with van der Waals surface area (Å²) >= 11 is 0. The van der Waals surface area contributed by atoms with E-state index in [-0.39, 0.29) is 39.5 Å². The zero-order valence-electron chi connectivity index (χ0n) is 9.63. The van der Waals surface area contributed by atoms with Crippen molar-refractivity contribution in [1.29, 1.82) is 0 Å². The summed E-state index contributed by atoms with van der Waals surface area (Å²) < 4.78 is 0. The summed E-state index contributed by atoms with van der Waals surface area (Å²) in [4.78, 5) is 18.7. The number of rotatable bonds is 2. The molecule has 0 rings (SSSR count). The van der Waals surface area contributed by atoms with Gasteiger partial charge in [0.15, 0.2) is 0 Å². The normalized spacial score (nSPS) is 10.2. The Balaban J connectivity index is -0.0000000250. The number of carboxylic acids is 2. The molecule has 11 N–H and O–H groups in total. The van der Waals surface area contributed by atoms with Crippen LogP contribution in [0.1, 0.15) is 13.8 Å². The minimum absolute atomic E-state index is 0. The van der Waals surface area contributed by atoms with Gasteiger partial charge in [-0.2, -0.15) is 0 Å². The van der Waals surface area contributed by atoms with Crippen molar-refractivity contribution in [1.82, 2.24) is 12.3 Å². The van der Waals surface area contributed by atoms with Crippen LogP contribution in [0.2, 0.25) is 0 Å². The molecule has 0 heterocycles. The Morgan fingerprint density at radius 1 is 0.938 bits per heavy atom. The molecular weight excluding hydrogens is 260 g/mol. The third kappa shape index (κ3) is 37.6. The quantitative estimate of drug-likeness (QED) is 0.378. The van der Waals surface area contributed by atoms with E-state index in [0.29, 0.717) is 0 Å². The van der Waals surface area contributed by atoms with E-state index in [1.165, 1.54) is 0 Å². The summed E-state index contributed by atoms with van der Waals surface area (Å²) in [5, 5.41) is 34.6. The van der Waals surface area contributed by atoms with Crippen molar-refractivity contribution in [2.24, 2.45) is 0 Å². The summed E-state index contributed by atoms with van der Waals surface area (Å²) in [7, 11) is 0. The van der Waals surface area contributed by atoms with Gasteiger partial charge >= 0.3 is 21.7 Å². The van der Waals surface area contributed by atoms with E-state index in [2.05, 4.69) is 0 Å². The first-order valence-corrected chi connectivity index (χ1v) is 3.06. The number of hydrogen-bond acceptors (Lipinski definition) is 7. The molecule has 16 heavy (non-hydrogen) atoms. The molecule has 0 aliphatic heterocycles. The van der Waals surface area contributed by atoms with Gasteiger partial charge in [0.05, 0.1) is 24.1 Å². The standard InChI is InChI=1S/2C3H6O3.2H3N.H2O.Ti/c2*1-2(4)3(5)6;;;;/h2*2,4H,1H3,(H,5,6);2*1H3;1H2;/q;;;;;+4/p-1. The van der Waals surface area contributed by atoms with Crippen LogP contribution in [0.15, 0.2) is 0 Å². The Hall–Kier alpha value is -0.546. The number of quaternary nitrogens is 2. The van der Waals surface area contributed by atoms with Crippen LogP contribution >= 0.6 is 0 Å². The topological polar surface area (TPSA) is 224 Å². The van der Waals surface area contributed by atoms with E-state index >= 15 is 0 Å². The van der Waals surface area contributed by atoms with E-state index in [4.69, 9.17) is 10.2 Å². The minimum atomic E-state index is -1.44. The van der Waals surface area contributed by atoms with E-state index in [9.17, 15) is 19.8 Å². The van der Waals surface area contributed by atoms with E-state index in [0.717, 1.165) is 13.8 Å². The SMILES string of the molecule is CC(O)C(=O)[O-].CC(O)C(=O)[O-].[NH4+].[NH4+].[OH-].[Ti+4]. The average molecular weight is 279 g/mol. The summed E-state index contributed by atoms with van der Waals surface area (Å²) in [5.41, 5.74) is 0. The van der Waals surface area contributed by atoms with Gasteiger partial charge in [0.25, 0.3) is 0 Å². The first-order valence-electron chi connectivity index (χ1n) is 3.06. The molecule has 0 aromatic heterocycles. The van der Waals surface area contributed by atoms with Gasteiger partial charge in [-0.3, -0.25) is 0 Å². The maximum atomic E-state index is 9.34. The molecule has 0 saturated carbocycles. The molecule has 0 spiro atoms. The molecule has 10 heteroatoms. The first-order chi connectivity index (χ1) is 5.29. The van der Waals surface area contributed by atoms with Gasteiger partial charge in [0.1, 0.15) is 0 Å². The summed E-state index contributed by atoms with van der Waals surface area (Å²) in [6.45, 7) is 2.27. The summed E-state index contributed by atoms with van der Waals surface area (Å²) in [5.74, 6) is -2.87. The number of aliphatic hydroxyl groups excluding tert-OH is 2. The third-order valence-corrected chi connectivity index (χ3v) is 0.682. The fourth-order valence-corrected chi connectivity index (χ4v) is 0. The Bertz CT molecular complexity index is 147. The Kier molecular flexibility index (Phi) is 45.0. The fraction of sp³-hybridized carbons (Fsp3) is 0.667. The van der Waals surface area contributed by atoms with E-state index in [1.54, 1.807) is 0 Å². The van der Waals surface area contributed by atoms with Crippen LogP contribution in [-0.2, 0) is 31.3 Å². The zero-order chi connectivity index (χ0) is 10.3. The number of carbonyl (C=O) groups is 2. The Morgan fingerprint density at radius 3 is 1.00 bits per heavy atom. The Labute approximate surface area is 108 Å². The Morgan fingerprint density at radius 2 is 1.00 bits per heavy atom. The van der Waals surface area contributed by atoms with E-state index in [1.807, 2.05) is 0 Å². The summed E-state index contributed by atoms with van der Waals surface area (Å²) in [6.07, 6.45) is -2.69.